The Kier molecular flexibility index (Phi) is 33.8. The number of benzene rings is 8. The Labute approximate surface area is 770 Å². The lowest BCUT2D eigenvalue weighted by Gasteiger charge is -2.34. The normalized spacial score (nSPS) is 18.1. The van der Waals surface area contributed by atoms with Gasteiger partial charge in [0.1, 0.15) is 48.7 Å². The number of aliphatic hydroxyl groups is 2. The maximum Gasteiger partial charge on any atom is 0.335 e. The van der Waals surface area contributed by atoms with Crippen molar-refractivity contribution in [3.05, 3.63) is 212 Å². The molecule has 8 aliphatic rings. The van der Waals surface area contributed by atoms with Crippen LogP contribution in [0.25, 0.3) is 0 Å². The number of phenolic OH excluding ortho intramolecular Hbond substituents is 4. The molecule has 7 aliphatic heterocycles. The van der Waals surface area contributed by atoms with E-state index in [9.17, 15) is 78.7 Å². The molecule has 31 nitrogen and oxygen atoms in total. The number of carbonyl (C=O) groups is 3. The number of unbranched alkanes of at least 4 members (excludes halogenated alkanes) is 1. The third-order valence-electron chi connectivity index (χ3n) is 25.7. The van der Waals surface area contributed by atoms with Crippen molar-refractivity contribution < 1.29 is 94.0 Å². The van der Waals surface area contributed by atoms with Gasteiger partial charge >= 0.3 is 17.9 Å². The third-order valence-corrected chi connectivity index (χ3v) is 33.1. The highest BCUT2D eigenvalue weighted by molar-refractivity contribution is 7.90. The number of sulfonamides is 4. The summed E-state index contributed by atoms with van der Waals surface area (Å²) < 4.78 is 110. The molecular formula is C96H127N11O20S4. The van der Waals surface area contributed by atoms with Crippen molar-refractivity contribution in [2.24, 2.45) is 0 Å². The number of carboxylic acid groups (broad SMARTS) is 3. The molecule has 710 valence electrons. The number of β-amino-alcohol motifs (C(OH)–C–C–N with tert-alkyl or cyclic N) is 1. The molecule has 2 unspecified atom stereocenters. The number of hydrogen-bond donors (Lipinski definition) is 13. The standard InChI is InChI=1S/C25H33N3O7S.C25H33N3O5S.C24H31N3O5S.C21H26N2O3S.CH4/c1-2-16-3-6-23(21(29)11-16)36(34,35)28-13-17-4-5-20(12-18(17)14-28)26-19-7-9-27(10-8-19)15-22(30)24(31)25(32)33;1-18-5-8-24(23(29)14-18)34(32,33)28-16-19-6-7-22(15-20(19)17-28)26-21-9-12-27(13-10-21)11-3-2-4-25(30)31;1-17-4-7-23(22(28)13-17)33(31,32)27-15-18-5-6-21(14-19(18)16-27)25-20-8-11-26(12-9-20)10-2-3-24(29)30;1-15-7-10-21(20(24)11-15)27(25,26)23-13-16-8-9-19(12-17(16)14-23)22-18-5-3-2-4-6-18;/h3-6,11-12,19,22,24,26,29-31H,2,7-10,13-15H2,1H3,(H,32,33);5-8,14-15,21,26,29H,2-4,9-13,16-17H2,1H3,(H,30,31);4-7,13-14,20,25,28H,2-3,8-12,15-16H2,1H3,(H,29,30);7-12,18,22,24H,2-6,13-14H2,1H3;1H4. The highest BCUT2D eigenvalue weighted by atomic mass is 32.2. The first-order valence-corrected chi connectivity index (χ1v) is 50.7. The molecule has 4 fully saturated rings. The maximum atomic E-state index is 13.2. The Hall–Kier alpha value is -9.99. The maximum absolute atomic E-state index is 13.2. The second-order valence-corrected chi connectivity index (χ2v) is 43.1. The molecule has 7 heterocycles. The van der Waals surface area contributed by atoms with Crippen LogP contribution in [0.4, 0.5) is 22.7 Å². The zero-order valence-electron chi connectivity index (χ0n) is 74.1. The van der Waals surface area contributed by atoms with Crippen LogP contribution in [0.5, 0.6) is 23.0 Å². The Morgan fingerprint density at radius 3 is 0.954 bits per heavy atom. The van der Waals surface area contributed by atoms with Gasteiger partial charge in [0.15, 0.2) is 6.10 Å². The molecule has 13 N–H and O–H groups in total. The molecule has 3 saturated heterocycles. The van der Waals surface area contributed by atoms with Crippen molar-refractivity contribution in [3.63, 3.8) is 0 Å². The molecule has 16 rings (SSSR count). The first kappa shape index (κ1) is 100. The number of aryl methyl sites for hydroxylation is 4. The van der Waals surface area contributed by atoms with Gasteiger partial charge in [0, 0.05) is 158 Å². The number of likely N-dealkylation sites (tertiary alicyclic amines) is 3. The van der Waals surface area contributed by atoms with Crippen molar-refractivity contribution >= 4 is 80.8 Å². The first-order valence-electron chi connectivity index (χ1n) is 44.9. The number of fused-ring (bicyclic) bond motifs is 4. The van der Waals surface area contributed by atoms with Gasteiger partial charge in [0.2, 0.25) is 40.1 Å². The second-order valence-electron chi connectivity index (χ2n) is 35.5. The Morgan fingerprint density at radius 2 is 0.649 bits per heavy atom. The number of nitrogens with one attached hydrogen (secondary N) is 4. The van der Waals surface area contributed by atoms with Gasteiger partial charge in [-0.25, -0.2) is 38.5 Å². The fourth-order valence-corrected chi connectivity index (χ4v) is 24.1. The van der Waals surface area contributed by atoms with Gasteiger partial charge in [-0.15, -0.1) is 0 Å². The van der Waals surface area contributed by atoms with E-state index in [4.69, 9.17) is 15.3 Å². The second kappa shape index (κ2) is 44.2. The Morgan fingerprint density at radius 1 is 0.359 bits per heavy atom. The molecule has 0 bridgehead atoms. The summed E-state index contributed by atoms with van der Waals surface area (Å²) in [5, 5.41) is 101. The first-order chi connectivity index (χ1) is 61.9. The van der Waals surface area contributed by atoms with Crippen LogP contribution in [0, 0.1) is 20.8 Å². The number of anilines is 4. The number of rotatable bonds is 30. The molecule has 1 saturated carbocycles. The minimum atomic E-state index is -3.85. The van der Waals surface area contributed by atoms with Gasteiger partial charge in [-0.1, -0.05) is 82.1 Å². The predicted molar refractivity (Wildman–Crippen MR) is 502 cm³/mol. The van der Waals surface area contributed by atoms with Crippen LogP contribution in [0.1, 0.15) is 184 Å². The van der Waals surface area contributed by atoms with Crippen LogP contribution < -0.4 is 21.3 Å². The molecule has 8 aromatic carbocycles. The highest BCUT2D eigenvalue weighted by Crippen LogP contribution is 2.41. The quantitative estimate of drug-likeness (QED) is 0.0186. The van der Waals surface area contributed by atoms with Crippen molar-refractivity contribution in [1.29, 1.82) is 0 Å². The van der Waals surface area contributed by atoms with E-state index in [1.807, 2.05) is 92.4 Å². The zero-order chi connectivity index (χ0) is 92.9. The number of hydrogen-bond acceptors (Lipinski definition) is 24. The van der Waals surface area contributed by atoms with E-state index in [1.54, 1.807) is 31.2 Å². The summed E-state index contributed by atoms with van der Waals surface area (Å²) in [5.41, 5.74) is 15.1. The third kappa shape index (κ3) is 25.7. The SMILES string of the molecule is C.CCc1ccc(S(=O)(=O)N2Cc3ccc(NC4CCN(CC(O)C(O)C(=O)O)CC4)cc3C2)c(O)c1.Cc1ccc(S(=O)(=O)N2Cc3ccc(NC4CCCCC4)cc3C2)c(O)c1.Cc1ccc(S(=O)(=O)N2Cc3ccc(NC4CCN(CCCC(=O)O)CC4)cc3C2)c(O)c1.Cc1ccc(S(=O)(=O)N2Cc3ccc(NC4CCN(CCCCC(=O)O)CC4)cc3C2)c(O)c1. The molecule has 1 aliphatic carbocycles. The van der Waals surface area contributed by atoms with E-state index in [0.717, 1.165) is 180 Å². The zero-order valence-corrected chi connectivity index (χ0v) is 77.4. The van der Waals surface area contributed by atoms with Crippen LogP contribution in [-0.2, 0) is 113 Å². The fraction of sp³-hybridized carbons (Fsp3) is 0.469. The van der Waals surface area contributed by atoms with E-state index < -0.39 is 70.2 Å². The van der Waals surface area contributed by atoms with E-state index in [2.05, 4.69) is 37.1 Å². The summed E-state index contributed by atoms with van der Waals surface area (Å²) in [6.45, 7) is 16.7. The molecule has 0 amide bonds. The lowest BCUT2D eigenvalue weighted by atomic mass is 9.95. The summed E-state index contributed by atoms with van der Waals surface area (Å²) in [4.78, 5) is 38.5. The lowest BCUT2D eigenvalue weighted by Crippen LogP contribution is -2.47. The van der Waals surface area contributed by atoms with E-state index in [0.29, 0.717) is 70.2 Å². The van der Waals surface area contributed by atoms with Crippen molar-refractivity contribution in [2.75, 3.05) is 80.2 Å². The minimum absolute atomic E-state index is 0. The van der Waals surface area contributed by atoms with E-state index >= 15 is 0 Å². The molecule has 0 aromatic heterocycles. The fourth-order valence-electron chi connectivity index (χ4n) is 18.2. The molecule has 8 aromatic rings. The average molecular weight is 1880 g/mol. The smallest absolute Gasteiger partial charge is 0.335 e. The molecule has 35 heteroatoms. The van der Waals surface area contributed by atoms with E-state index in [-0.39, 0.29) is 102 Å². The van der Waals surface area contributed by atoms with Gasteiger partial charge in [0.05, 0.1) is 0 Å². The van der Waals surface area contributed by atoms with Gasteiger partial charge in [-0.05, 0) is 275 Å². The number of phenols is 4. The molecule has 131 heavy (non-hydrogen) atoms. The van der Waals surface area contributed by atoms with Gasteiger partial charge in [0.25, 0.3) is 0 Å². The Balaban J connectivity index is 0.000000158. The van der Waals surface area contributed by atoms with Crippen LogP contribution >= 0.6 is 0 Å². The summed E-state index contributed by atoms with van der Waals surface area (Å²) in [6, 6.07) is 44.0. The Bertz CT molecular complexity index is 5840. The summed E-state index contributed by atoms with van der Waals surface area (Å²) in [6.07, 6.45) is 12.1. The predicted octanol–water partition coefficient (Wildman–Crippen LogP) is 12.8. The summed E-state index contributed by atoms with van der Waals surface area (Å²) >= 11 is 0. The van der Waals surface area contributed by atoms with Crippen LogP contribution in [-0.4, -0.2) is 225 Å². The van der Waals surface area contributed by atoms with Gasteiger partial charge in [-0.2, -0.15) is 17.2 Å². The van der Waals surface area contributed by atoms with E-state index in [1.165, 1.54) is 97.9 Å². The van der Waals surface area contributed by atoms with Gasteiger partial charge < -0.3 is 81.9 Å². The minimum Gasteiger partial charge on any atom is -0.507 e. The van der Waals surface area contributed by atoms with Crippen molar-refractivity contribution in [2.45, 2.75) is 253 Å². The van der Waals surface area contributed by atoms with Gasteiger partial charge in [-0.3, -0.25) is 9.59 Å². The van der Waals surface area contributed by atoms with Crippen LogP contribution in [0.15, 0.2) is 165 Å². The summed E-state index contributed by atoms with van der Waals surface area (Å²) in [7, 11) is -15.2. The number of nitrogens with zero attached hydrogens (tertiary/aromatic N) is 7. The van der Waals surface area contributed by atoms with Crippen LogP contribution in [0.2, 0.25) is 0 Å². The highest BCUT2D eigenvalue weighted by Gasteiger charge is 2.39. The van der Waals surface area contributed by atoms with Crippen molar-refractivity contribution in [3.8, 4) is 23.0 Å². The monoisotopic (exact) mass is 1880 g/mol. The number of aliphatic hydroxyl groups excluding tert-OH is 2. The number of aliphatic carboxylic acids is 3. The average Bonchev–Trinajstić information content (AvgIpc) is 1.36. The number of carboxylic acids is 3. The lowest BCUT2D eigenvalue weighted by molar-refractivity contribution is -0.153. The molecular weight excluding hydrogens is 1760 g/mol. The molecule has 2 atom stereocenters. The summed E-state index contributed by atoms with van der Waals surface area (Å²) in [5.74, 6) is -3.77. The number of piperidine rings is 3. The topological polar surface area (TPSA) is 441 Å². The largest absolute Gasteiger partial charge is 0.507 e. The molecule has 0 radical (unpaired) electrons. The number of aromatic hydroxyl groups is 4. The molecule has 0 spiro atoms. The van der Waals surface area contributed by atoms with Crippen molar-refractivity contribution in [1.82, 2.24) is 31.9 Å². The van der Waals surface area contributed by atoms with Crippen LogP contribution in [0.3, 0.4) is 0 Å².